The van der Waals surface area contributed by atoms with Crippen LogP contribution in [-0.4, -0.2) is 66.5 Å². The molecule has 4 rings (SSSR count). The van der Waals surface area contributed by atoms with Gasteiger partial charge in [-0.3, -0.25) is 14.7 Å². The number of aromatic nitrogens is 1. The van der Waals surface area contributed by atoms with Gasteiger partial charge in [0.25, 0.3) is 0 Å². The number of hydrogen-bond donors (Lipinski definition) is 3. The standard InChI is InChI=1S/C25H27N7O2/c1-17-12-23(30-24(33)16-32-10-8-31(2)9-11-32)21-14-20(6-7-22(21)27-17)29-25(34)28-19-5-3-4-18(13-19)15-26/h3-7,12-14H,8-11,16H2,1-2H3,(H,27,30,33)(H2,28,29,34). The molecule has 9 nitrogen and oxygen atoms in total. The zero-order valence-electron chi connectivity index (χ0n) is 19.3. The predicted molar refractivity (Wildman–Crippen MR) is 133 cm³/mol. The fourth-order valence-electron chi connectivity index (χ4n) is 3.90. The smallest absolute Gasteiger partial charge is 0.323 e. The Balaban J connectivity index is 1.48. The second kappa shape index (κ2) is 10.3. The van der Waals surface area contributed by atoms with Crippen LogP contribution in [0.4, 0.5) is 21.9 Å². The molecular weight excluding hydrogens is 430 g/mol. The molecule has 0 spiro atoms. The van der Waals surface area contributed by atoms with Gasteiger partial charge in [-0.15, -0.1) is 0 Å². The molecule has 0 aliphatic carbocycles. The number of aryl methyl sites for hydroxylation is 1. The molecule has 3 N–H and O–H groups in total. The summed E-state index contributed by atoms with van der Waals surface area (Å²) in [6, 6.07) is 15.5. The van der Waals surface area contributed by atoms with E-state index >= 15 is 0 Å². The lowest BCUT2D eigenvalue weighted by atomic mass is 10.1. The van der Waals surface area contributed by atoms with Crippen molar-refractivity contribution in [1.29, 1.82) is 5.26 Å². The van der Waals surface area contributed by atoms with Crippen LogP contribution in [0.2, 0.25) is 0 Å². The van der Waals surface area contributed by atoms with Crippen molar-refractivity contribution in [2.75, 3.05) is 55.7 Å². The topological polar surface area (TPSA) is 113 Å². The highest BCUT2D eigenvalue weighted by Gasteiger charge is 2.17. The maximum absolute atomic E-state index is 12.7. The number of carbonyl (C=O) groups excluding carboxylic acids is 2. The lowest BCUT2D eigenvalue weighted by Crippen LogP contribution is -2.47. The number of urea groups is 1. The van der Waals surface area contributed by atoms with Crippen LogP contribution >= 0.6 is 0 Å². The van der Waals surface area contributed by atoms with Crippen LogP contribution in [-0.2, 0) is 4.79 Å². The molecule has 1 aliphatic heterocycles. The molecule has 0 bridgehead atoms. The SMILES string of the molecule is Cc1cc(NC(=O)CN2CCN(C)CC2)c2cc(NC(=O)Nc3cccc(C#N)c3)ccc2n1. The number of amides is 3. The monoisotopic (exact) mass is 457 g/mol. The van der Waals surface area contributed by atoms with E-state index in [-0.39, 0.29) is 5.91 Å². The quantitative estimate of drug-likeness (QED) is 0.542. The van der Waals surface area contributed by atoms with Crippen molar-refractivity contribution in [3.05, 3.63) is 59.8 Å². The summed E-state index contributed by atoms with van der Waals surface area (Å²) in [5.74, 6) is -0.0788. The fraction of sp³-hybridized carbons (Fsp3) is 0.280. The van der Waals surface area contributed by atoms with E-state index in [0.717, 1.165) is 42.8 Å². The van der Waals surface area contributed by atoms with E-state index in [9.17, 15) is 9.59 Å². The molecule has 2 heterocycles. The third-order valence-corrected chi connectivity index (χ3v) is 5.68. The van der Waals surface area contributed by atoms with Gasteiger partial charge in [-0.05, 0) is 56.4 Å². The average Bonchev–Trinajstić information content (AvgIpc) is 2.81. The summed E-state index contributed by atoms with van der Waals surface area (Å²) in [5.41, 5.74) is 3.71. The lowest BCUT2D eigenvalue weighted by Gasteiger charge is -2.31. The number of fused-ring (bicyclic) bond motifs is 1. The molecule has 9 heteroatoms. The molecule has 2 aromatic carbocycles. The van der Waals surface area contributed by atoms with Crippen molar-refractivity contribution in [3.8, 4) is 6.07 Å². The molecule has 0 unspecified atom stereocenters. The summed E-state index contributed by atoms with van der Waals surface area (Å²) in [5, 5.41) is 18.3. The molecular formula is C25H27N7O2. The van der Waals surface area contributed by atoms with E-state index in [0.29, 0.717) is 29.2 Å². The molecule has 0 radical (unpaired) electrons. The number of pyridine rings is 1. The summed E-state index contributed by atoms with van der Waals surface area (Å²) < 4.78 is 0. The Kier molecular flexibility index (Phi) is 7.01. The zero-order valence-corrected chi connectivity index (χ0v) is 19.3. The maximum Gasteiger partial charge on any atom is 0.323 e. The third kappa shape index (κ3) is 5.86. The summed E-state index contributed by atoms with van der Waals surface area (Å²) in [4.78, 5) is 34.2. The molecule has 3 amide bonds. The average molecular weight is 458 g/mol. The van der Waals surface area contributed by atoms with Crippen LogP contribution in [0.3, 0.4) is 0 Å². The van der Waals surface area contributed by atoms with Gasteiger partial charge in [0.2, 0.25) is 5.91 Å². The Hall–Kier alpha value is -4.00. The third-order valence-electron chi connectivity index (χ3n) is 5.68. The predicted octanol–water partition coefficient (Wildman–Crippen LogP) is 3.24. The van der Waals surface area contributed by atoms with Crippen LogP contribution in [0.25, 0.3) is 10.9 Å². The number of piperazine rings is 1. The summed E-state index contributed by atoms with van der Waals surface area (Å²) in [6.45, 7) is 5.83. The van der Waals surface area contributed by atoms with Crippen molar-refractivity contribution >= 4 is 39.9 Å². The maximum atomic E-state index is 12.7. The van der Waals surface area contributed by atoms with Gasteiger partial charge in [0.15, 0.2) is 0 Å². The number of rotatable bonds is 5. The van der Waals surface area contributed by atoms with Gasteiger partial charge in [0, 0.05) is 48.6 Å². The van der Waals surface area contributed by atoms with Crippen LogP contribution in [0.1, 0.15) is 11.3 Å². The molecule has 1 saturated heterocycles. The van der Waals surface area contributed by atoms with E-state index in [1.807, 2.05) is 25.1 Å². The van der Waals surface area contributed by atoms with Gasteiger partial charge >= 0.3 is 6.03 Å². The minimum atomic E-state index is -0.435. The van der Waals surface area contributed by atoms with Crippen molar-refractivity contribution in [1.82, 2.24) is 14.8 Å². The molecule has 1 fully saturated rings. The molecule has 1 aliphatic rings. The van der Waals surface area contributed by atoms with E-state index in [1.165, 1.54) is 0 Å². The first-order valence-corrected chi connectivity index (χ1v) is 11.1. The van der Waals surface area contributed by atoms with Gasteiger partial charge in [0.05, 0.1) is 29.4 Å². The van der Waals surface area contributed by atoms with Crippen LogP contribution in [0.5, 0.6) is 0 Å². The number of benzene rings is 2. The van der Waals surface area contributed by atoms with Crippen molar-refractivity contribution in [3.63, 3.8) is 0 Å². The number of nitriles is 1. The first-order valence-electron chi connectivity index (χ1n) is 11.1. The van der Waals surface area contributed by atoms with E-state index < -0.39 is 6.03 Å². The highest BCUT2D eigenvalue weighted by Crippen LogP contribution is 2.26. The molecule has 34 heavy (non-hydrogen) atoms. The van der Waals surface area contributed by atoms with Crippen LogP contribution < -0.4 is 16.0 Å². The van der Waals surface area contributed by atoms with Crippen molar-refractivity contribution in [2.24, 2.45) is 0 Å². The normalized spacial score (nSPS) is 14.4. The Bertz CT molecular complexity index is 1260. The summed E-state index contributed by atoms with van der Waals surface area (Å²) in [7, 11) is 2.08. The Morgan fingerprint density at radius 2 is 1.74 bits per heavy atom. The van der Waals surface area contributed by atoms with E-state index in [1.54, 1.807) is 36.4 Å². The number of likely N-dealkylation sites (N-methyl/N-ethyl adjacent to an activating group) is 1. The minimum absolute atomic E-state index is 0.0788. The van der Waals surface area contributed by atoms with E-state index in [4.69, 9.17) is 5.26 Å². The molecule has 1 aromatic heterocycles. The number of carbonyl (C=O) groups is 2. The van der Waals surface area contributed by atoms with Gasteiger partial charge in [-0.25, -0.2) is 4.79 Å². The van der Waals surface area contributed by atoms with Crippen LogP contribution in [0.15, 0.2) is 48.5 Å². The number of nitrogens with zero attached hydrogens (tertiary/aromatic N) is 4. The summed E-state index contributed by atoms with van der Waals surface area (Å²) >= 11 is 0. The minimum Gasteiger partial charge on any atom is -0.324 e. The molecule has 0 atom stereocenters. The highest BCUT2D eigenvalue weighted by atomic mass is 16.2. The first kappa shape index (κ1) is 23.2. The second-order valence-corrected chi connectivity index (χ2v) is 8.44. The summed E-state index contributed by atoms with van der Waals surface area (Å²) in [6.07, 6.45) is 0. The Morgan fingerprint density at radius 1 is 1.00 bits per heavy atom. The molecule has 174 valence electrons. The van der Waals surface area contributed by atoms with Crippen LogP contribution in [0, 0.1) is 18.3 Å². The van der Waals surface area contributed by atoms with E-state index in [2.05, 4.69) is 37.8 Å². The van der Waals surface area contributed by atoms with Crippen molar-refractivity contribution < 1.29 is 9.59 Å². The molecule has 0 saturated carbocycles. The lowest BCUT2D eigenvalue weighted by molar-refractivity contribution is -0.117. The number of hydrogen-bond acceptors (Lipinski definition) is 6. The zero-order chi connectivity index (χ0) is 24.1. The van der Waals surface area contributed by atoms with Gasteiger partial charge in [-0.2, -0.15) is 5.26 Å². The second-order valence-electron chi connectivity index (χ2n) is 8.44. The number of anilines is 3. The largest absolute Gasteiger partial charge is 0.324 e. The molecule has 3 aromatic rings. The first-order chi connectivity index (χ1) is 16.4. The highest BCUT2D eigenvalue weighted by molar-refractivity contribution is 6.05. The van der Waals surface area contributed by atoms with Crippen molar-refractivity contribution in [2.45, 2.75) is 6.92 Å². The number of nitrogens with one attached hydrogen (secondary N) is 3. The van der Waals surface area contributed by atoms with Gasteiger partial charge < -0.3 is 20.9 Å². The fourth-order valence-corrected chi connectivity index (χ4v) is 3.90. The van der Waals surface area contributed by atoms with Gasteiger partial charge in [-0.1, -0.05) is 6.07 Å². The van der Waals surface area contributed by atoms with Gasteiger partial charge in [0.1, 0.15) is 0 Å². The Labute approximate surface area is 198 Å². The Morgan fingerprint density at radius 3 is 2.47 bits per heavy atom.